The molecular formula is C23H21ClN2O3. The average molecular weight is 409 g/mol. The number of ether oxygens (including phenoxy) is 1. The van der Waals surface area contributed by atoms with Gasteiger partial charge in [-0.05, 0) is 60.7 Å². The second kappa shape index (κ2) is 8.53. The molecule has 6 heteroatoms. The fourth-order valence-corrected chi connectivity index (χ4v) is 3.95. The number of hydrogen-bond donors (Lipinski definition) is 2. The molecule has 0 amide bonds. The molecule has 5 nitrogen and oxygen atoms in total. The highest BCUT2D eigenvalue weighted by molar-refractivity contribution is 6.32. The average Bonchev–Trinajstić information content (AvgIpc) is 2.74. The largest absolute Gasteiger partial charge is 0.478 e. The topological polar surface area (TPSA) is 71.5 Å². The van der Waals surface area contributed by atoms with E-state index in [4.69, 9.17) is 16.3 Å². The Morgan fingerprint density at radius 1 is 1.24 bits per heavy atom. The van der Waals surface area contributed by atoms with Crippen LogP contribution in [0.25, 0.3) is 0 Å². The molecular weight excluding hydrogens is 388 g/mol. The van der Waals surface area contributed by atoms with Crippen LogP contribution < -0.4 is 10.1 Å². The van der Waals surface area contributed by atoms with E-state index in [1.165, 1.54) is 23.4 Å². The number of benzene rings is 2. The van der Waals surface area contributed by atoms with E-state index in [1.54, 1.807) is 12.3 Å². The Morgan fingerprint density at radius 3 is 2.93 bits per heavy atom. The third-order valence-corrected chi connectivity index (χ3v) is 5.52. The molecule has 0 radical (unpaired) electrons. The van der Waals surface area contributed by atoms with Gasteiger partial charge in [0.2, 0.25) is 0 Å². The van der Waals surface area contributed by atoms with Crippen LogP contribution in [0.2, 0.25) is 5.02 Å². The monoisotopic (exact) mass is 408 g/mol. The van der Waals surface area contributed by atoms with E-state index in [9.17, 15) is 9.90 Å². The van der Waals surface area contributed by atoms with Gasteiger partial charge in [-0.3, -0.25) is 4.98 Å². The zero-order valence-corrected chi connectivity index (χ0v) is 16.5. The van der Waals surface area contributed by atoms with Crippen molar-refractivity contribution in [3.8, 4) is 11.5 Å². The van der Waals surface area contributed by atoms with Gasteiger partial charge in [0.05, 0.1) is 22.5 Å². The van der Waals surface area contributed by atoms with Gasteiger partial charge in [-0.25, -0.2) is 4.79 Å². The molecule has 2 aromatic carbocycles. The maximum atomic E-state index is 11.4. The molecule has 3 aromatic rings. The van der Waals surface area contributed by atoms with Gasteiger partial charge in [0.1, 0.15) is 11.5 Å². The molecule has 0 bridgehead atoms. The molecule has 1 aliphatic rings. The van der Waals surface area contributed by atoms with Crippen molar-refractivity contribution >= 4 is 23.3 Å². The van der Waals surface area contributed by atoms with Crippen molar-refractivity contribution in [1.82, 2.24) is 4.98 Å². The number of rotatable bonds is 6. The third kappa shape index (κ3) is 4.35. The molecule has 1 heterocycles. The molecule has 4 rings (SSSR count). The second-order valence-electron chi connectivity index (χ2n) is 7.09. The van der Waals surface area contributed by atoms with E-state index >= 15 is 0 Å². The summed E-state index contributed by atoms with van der Waals surface area (Å²) < 4.78 is 5.96. The molecule has 0 saturated carbocycles. The smallest absolute Gasteiger partial charge is 0.337 e. The third-order valence-electron chi connectivity index (χ3n) is 5.21. The minimum Gasteiger partial charge on any atom is -0.478 e. The Bertz CT molecular complexity index is 1040. The van der Waals surface area contributed by atoms with Crippen molar-refractivity contribution < 1.29 is 14.6 Å². The van der Waals surface area contributed by atoms with E-state index in [1.807, 2.05) is 24.3 Å². The number of carbonyl (C=O) groups is 1. The van der Waals surface area contributed by atoms with Crippen LogP contribution in [0.15, 0.2) is 60.9 Å². The normalized spacial score (nSPS) is 15.4. The lowest BCUT2D eigenvalue weighted by Crippen LogP contribution is -2.19. The number of para-hydroxylation sites is 1. The highest BCUT2D eigenvalue weighted by atomic mass is 35.5. The van der Waals surface area contributed by atoms with Gasteiger partial charge in [0, 0.05) is 18.7 Å². The van der Waals surface area contributed by atoms with Gasteiger partial charge in [-0.2, -0.15) is 0 Å². The second-order valence-corrected chi connectivity index (χ2v) is 7.50. The van der Waals surface area contributed by atoms with E-state index < -0.39 is 5.97 Å². The Balaban J connectivity index is 1.50. The maximum absolute atomic E-state index is 11.4. The zero-order valence-electron chi connectivity index (χ0n) is 15.8. The van der Waals surface area contributed by atoms with Crippen molar-refractivity contribution in [2.75, 3.05) is 11.9 Å². The van der Waals surface area contributed by atoms with Crippen LogP contribution in [-0.2, 0) is 6.42 Å². The van der Waals surface area contributed by atoms with Crippen molar-refractivity contribution in [3.05, 3.63) is 82.6 Å². The number of aryl methyl sites for hydroxylation is 1. The number of nitrogens with zero attached hydrogens (tertiary/aromatic N) is 1. The first kappa shape index (κ1) is 19.3. The number of carboxylic acid groups (broad SMARTS) is 1. The maximum Gasteiger partial charge on any atom is 0.337 e. The van der Waals surface area contributed by atoms with Crippen LogP contribution in [-0.4, -0.2) is 22.6 Å². The Labute approximate surface area is 174 Å². The lowest BCUT2D eigenvalue weighted by atomic mass is 9.82. The predicted molar refractivity (Wildman–Crippen MR) is 113 cm³/mol. The number of pyridine rings is 1. The minimum atomic E-state index is -0.958. The van der Waals surface area contributed by atoms with Crippen molar-refractivity contribution in [2.45, 2.75) is 25.2 Å². The number of hydrogen-bond acceptors (Lipinski definition) is 4. The molecule has 0 spiro atoms. The first-order valence-corrected chi connectivity index (χ1v) is 9.96. The van der Waals surface area contributed by atoms with E-state index in [2.05, 4.69) is 22.4 Å². The molecule has 1 aromatic heterocycles. The Kier molecular flexibility index (Phi) is 5.67. The summed E-state index contributed by atoms with van der Waals surface area (Å²) in [6.07, 6.45) is 6.18. The lowest BCUT2D eigenvalue weighted by Gasteiger charge is -2.27. The molecule has 0 fully saturated rings. The highest BCUT2D eigenvalue weighted by Gasteiger charge is 2.21. The number of halogens is 1. The fraction of sp³-hybridized carbons (Fsp3) is 0.217. The highest BCUT2D eigenvalue weighted by Crippen LogP contribution is 2.36. The number of carboxylic acids is 1. The number of nitrogens with one attached hydrogen (secondary N) is 1. The molecule has 29 heavy (non-hydrogen) atoms. The SMILES string of the molecule is O=C(O)c1ccncc1NCC1CCCc2cc(Oc3ccccc3Cl)ccc21. The number of fused-ring (bicyclic) bond motifs is 1. The van der Waals surface area contributed by atoms with Crippen molar-refractivity contribution in [1.29, 1.82) is 0 Å². The molecule has 148 valence electrons. The molecule has 2 N–H and O–H groups in total. The Morgan fingerprint density at radius 2 is 2.10 bits per heavy atom. The van der Waals surface area contributed by atoms with Gasteiger partial charge >= 0.3 is 5.97 Å². The predicted octanol–water partition coefficient (Wildman–Crippen LogP) is 5.76. The standard InChI is InChI=1S/C23H21ClN2O3/c24-20-6-1-2-7-22(20)29-17-8-9-18-15(12-17)4-3-5-16(18)13-26-21-14-25-11-10-19(21)23(27)28/h1-2,6-12,14,16,26H,3-5,13H2,(H,27,28). The molecule has 0 aliphatic heterocycles. The Hall–Kier alpha value is -3.05. The van der Waals surface area contributed by atoms with Crippen LogP contribution >= 0.6 is 11.6 Å². The summed E-state index contributed by atoms with van der Waals surface area (Å²) in [5, 5.41) is 13.2. The molecule has 1 unspecified atom stereocenters. The van der Waals surface area contributed by atoms with Gasteiger partial charge < -0.3 is 15.2 Å². The summed E-state index contributed by atoms with van der Waals surface area (Å²) in [6, 6.07) is 15.1. The van der Waals surface area contributed by atoms with Crippen LogP contribution in [0.5, 0.6) is 11.5 Å². The van der Waals surface area contributed by atoms with Gasteiger partial charge in [0.25, 0.3) is 0 Å². The number of aromatic nitrogens is 1. The lowest BCUT2D eigenvalue weighted by molar-refractivity contribution is 0.0698. The zero-order chi connectivity index (χ0) is 20.2. The summed E-state index contributed by atoms with van der Waals surface area (Å²) in [5.41, 5.74) is 3.32. The van der Waals surface area contributed by atoms with Crippen LogP contribution in [0.1, 0.15) is 40.2 Å². The summed E-state index contributed by atoms with van der Waals surface area (Å²) in [5.74, 6) is 0.752. The summed E-state index contributed by atoms with van der Waals surface area (Å²) in [7, 11) is 0. The van der Waals surface area contributed by atoms with Crippen molar-refractivity contribution in [3.63, 3.8) is 0 Å². The van der Waals surface area contributed by atoms with E-state index in [0.717, 1.165) is 25.0 Å². The first-order valence-electron chi connectivity index (χ1n) is 9.58. The summed E-state index contributed by atoms with van der Waals surface area (Å²) in [4.78, 5) is 15.4. The van der Waals surface area contributed by atoms with E-state index in [-0.39, 0.29) is 5.56 Å². The van der Waals surface area contributed by atoms with E-state index in [0.29, 0.717) is 28.9 Å². The van der Waals surface area contributed by atoms with Crippen LogP contribution in [0.4, 0.5) is 5.69 Å². The van der Waals surface area contributed by atoms with Crippen molar-refractivity contribution in [2.24, 2.45) is 0 Å². The molecule has 0 saturated heterocycles. The fourth-order valence-electron chi connectivity index (χ4n) is 3.78. The van der Waals surface area contributed by atoms with Crippen LogP contribution in [0.3, 0.4) is 0 Å². The molecule has 1 atom stereocenters. The summed E-state index contributed by atoms with van der Waals surface area (Å²) >= 11 is 6.20. The van der Waals surface area contributed by atoms with Gasteiger partial charge in [-0.15, -0.1) is 0 Å². The van der Waals surface area contributed by atoms with Crippen LogP contribution in [0, 0.1) is 0 Å². The minimum absolute atomic E-state index is 0.236. The van der Waals surface area contributed by atoms with Gasteiger partial charge in [-0.1, -0.05) is 29.8 Å². The van der Waals surface area contributed by atoms with Gasteiger partial charge in [0.15, 0.2) is 0 Å². The quantitative estimate of drug-likeness (QED) is 0.542. The summed E-state index contributed by atoms with van der Waals surface area (Å²) in [6.45, 7) is 0.656. The number of anilines is 1. The first-order chi connectivity index (χ1) is 14.1. The number of aromatic carboxylic acids is 1. The molecule has 1 aliphatic carbocycles.